The maximum Gasteiger partial charge on any atom is 0.414 e. The van der Waals surface area contributed by atoms with E-state index in [4.69, 9.17) is 18.6 Å². The second-order valence-corrected chi connectivity index (χ2v) is 15.7. The molecule has 0 radical (unpaired) electrons. The van der Waals surface area contributed by atoms with Gasteiger partial charge in [-0.15, -0.1) is 0 Å². The minimum absolute atomic E-state index is 0.0796. The van der Waals surface area contributed by atoms with Crippen molar-refractivity contribution in [3.63, 3.8) is 0 Å². The molecule has 0 spiro atoms. The fourth-order valence-electron chi connectivity index (χ4n) is 3.29. The number of carbonyl (C=O) groups is 1. The van der Waals surface area contributed by atoms with E-state index in [0.29, 0.717) is 19.8 Å². The average molecular weight is 428 g/mol. The Labute approximate surface area is 178 Å². The van der Waals surface area contributed by atoms with Crippen LogP contribution in [0.4, 0.5) is 4.79 Å². The molecule has 1 fully saturated rings. The highest BCUT2D eigenvalue weighted by Gasteiger charge is 2.42. The topological polar surface area (TPSA) is 57.2 Å². The van der Waals surface area contributed by atoms with Gasteiger partial charge in [-0.05, 0) is 52.2 Å². The monoisotopic (exact) mass is 427 g/mol. The summed E-state index contributed by atoms with van der Waals surface area (Å²) < 4.78 is 23.7. The van der Waals surface area contributed by atoms with Crippen molar-refractivity contribution in [3.8, 4) is 0 Å². The SMILES string of the molecule is CC(C)(C)OC(=O)N1C=C[C@H](CCC2(C)OCCO2)[C@H]1CO[Si](C)(C)C(C)(C)C. The number of hydrogen-bond donors (Lipinski definition) is 0. The summed E-state index contributed by atoms with van der Waals surface area (Å²) in [5.41, 5.74) is -0.535. The summed E-state index contributed by atoms with van der Waals surface area (Å²) in [7, 11) is -1.93. The van der Waals surface area contributed by atoms with Gasteiger partial charge in [0.1, 0.15) is 5.60 Å². The largest absolute Gasteiger partial charge is 0.443 e. The lowest BCUT2D eigenvalue weighted by molar-refractivity contribution is -0.149. The maximum absolute atomic E-state index is 12.8. The molecule has 2 rings (SSSR count). The van der Waals surface area contributed by atoms with Crippen LogP contribution in [0.25, 0.3) is 0 Å². The number of nitrogens with zero attached hydrogens (tertiary/aromatic N) is 1. The molecule has 0 unspecified atom stereocenters. The van der Waals surface area contributed by atoms with Gasteiger partial charge in [0.15, 0.2) is 14.1 Å². The third-order valence-corrected chi connectivity index (χ3v) is 10.7. The molecule has 1 saturated heterocycles. The Morgan fingerprint density at radius 3 is 2.28 bits per heavy atom. The van der Waals surface area contributed by atoms with Crippen LogP contribution in [0.2, 0.25) is 18.1 Å². The first-order chi connectivity index (χ1) is 13.1. The fraction of sp³-hybridized carbons (Fsp3) is 0.864. The Kier molecular flexibility index (Phi) is 7.31. The van der Waals surface area contributed by atoms with Gasteiger partial charge in [0.05, 0.1) is 25.9 Å². The highest BCUT2D eigenvalue weighted by atomic mass is 28.4. The molecular weight excluding hydrogens is 386 g/mol. The van der Waals surface area contributed by atoms with Crippen LogP contribution in [0.3, 0.4) is 0 Å². The number of rotatable bonds is 6. The quantitative estimate of drug-likeness (QED) is 0.538. The zero-order chi connectivity index (χ0) is 22.1. The Hall–Kier alpha value is -0.893. The van der Waals surface area contributed by atoms with Crippen molar-refractivity contribution in [1.82, 2.24) is 4.90 Å². The lowest BCUT2D eigenvalue weighted by Crippen LogP contribution is -2.48. The standard InChI is InChI=1S/C22H41NO5Si/c1-20(2,3)28-19(24)23-13-11-17(10-12-22(7)25-14-15-26-22)18(23)16-27-29(8,9)21(4,5)6/h11,13,17-18H,10,12,14-16H2,1-9H3/t17-,18+/m0/s1. The third-order valence-electron chi connectivity index (χ3n) is 6.20. The molecule has 2 heterocycles. The molecule has 29 heavy (non-hydrogen) atoms. The van der Waals surface area contributed by atoms with E-state index >= 15 is 0 Å². The summed E-state index contributed by atoms with van der Waals surface area (Å²) in [5.74, 6) is -0.352. The molecule has 0 saturated carbocycles. The normalized spacial score (nSPS) is 24.9. The van der Waals surface area contributed by atoms with Crippen molar-refractivity contribution >= 4 is 14.4 Å². The summed E-state index contributed by atoms with van der Waals surface area (Å²) in [6.07, 6.45) is 5.28. The third kappa shape index (κ3) is 6.54. The van der Waals surface area contributed by atoms with E-state index in [9.17, 15) is 4.79 Å². The second kappa shape index (κ2) is 8.69. The summed E-state index contributed by atoms with van der Waals surface area (Å²) in [4.78, 5) is 14.5. The predicted molar refractivity (Wildman–Crippen MR) is 117 cm³/mol. The molecule has 1 amide bonds. The van der Waals surface area contributed by atoms with E-state index in [0.717, 1.165) is 12.8 Å². The van der Waals surface area contributed by atoms with Gasteiger partial charge in [-0.3, -0.25) is 4.90 Å². The number of carbonyl (C=O) groups excluding carboxylic acids is 1. The van der Waals surface area contributed by atoms with Gasteiger partial charge in [0.25, 0.3) is 0 Å². The number of hydrogen-bond acceptors (Lipinski definition) is 5. The van der Waals surface area contributed by atoms with Crippen molar-refractivity contribution in [2.24, 2.45) is 5.92 Å². The Morgan fingerprint density at radius 1 is 1.17 bits per heavy atom. The predicted octanol–water partition coefficient (Wildman–Crippen LogP) is 5.30. The lowest BCUT2D eigenvalue weighted by atomic mass is 9.94. The molecule has 0 aromatic rings. The molecule has 168 valence electrons. The smallest absolute Gasteiger partial charge is 0.414 e. The lowest BCUT2D eigenvalue weighted by Gasteiger charge is -2.39. The van der Waals surface area contributed by atoms with Crippen LogP contribution in [-0.4, -0.2) is 56.6 Å². The minimum Gasteiger partial charge on any atom is -0.443 e. The van der Waals surface area contributed by atoms with Crippen LogP contribution in [0.1, 0.15) is 61.3 Å². The second-order valence-electron chi connectivity index (χ2n) is 10.9. The van der Waals surface area contributed by atoms with E-state index in [2.05, 4.69) is 39.9 Å². The first-order valence-electron chi connectivity index (χ1n) is 10.8. The molecule has 0 aliphatic carbocycles. The highest BCUT2D eigenvalue weighted by Crippen LogP contribution is 2.38. The average Bonchev–Trinajstić information content (AvgIpc) is 3.15. The van der Waals surface area contributed by atoms with E-state index in [1.54, 1.807) is 4.90 Å². The van der Waals surface area contributed by atoms with Gasteiger partial charge in [0, 0.05) is 18.5 Å². The first-order valence-corrected chi connectivity index (χ1v) is 13.7. The molecule has 0 bridgehead atoms. The first kappa shape index (κ1) is 24.4. The zero-order valence-electron chi connectivity index (χ0n) is 19.8. The Morgan fingerprint density at radius 2 is 1.76 bits per heavy atom. The maximum atomic E-state index is 12.8. The summed E-state index contributed by atoms with van der Waals surface area (Å²) in [6.45, 7) is 20.6. The van der Waals surface area contributed by atoms with Gasteiger partial charge in [-0.25, -0.2) is 4.79 Å². The van der Waals surface area contributed by atoms with Crippen molar-refractivity contribution < 1.29 is 23.4 Å². The molecule has 2 aliphatic rings. The van der Waals surface area contributed by atoms with E-state index in [1.807, 2.05) is 33.9 Å². The minimum atomic E-state index is -1.93. The summed E-state index contributed by atoms with van der Waals surface area (Å²) in [6, 6.07) is -0.0796. The van der Waals surface area contributed by atoms with Crippen LogP contribution >= 0.6 is 0 Å². The molecule has 7 heteroatoms. The van der Waals surface area contributed by atoms with Gasteiger partial charge >= 0.3 is 6.09 Å². The van der Waals surface area contributed by atoms with Crippen LogP contribution in [0.5, 0.6) is 0 Å². The van der Waals surface area contributed by atoms with Crippen LogP contribution in [0.15, 0.2) is 12.3 Å². The zero-order valence-corrected chi connectivity index (χ0v) is 20.8. The van der Waals surface area contributed by atoms with E-state index in [1.165, 1.54) is 0 Å². The molecule has 0 aromatic carbocycles. The van der Waals surface area contributed by atoms with Crippen molar-refractivity contribution in [2.45, 2.75) is 96.9 Å². The van der Waals surface area contributed by atoms with Gasteiger partial charge in [-0.2, -0.15) is 0 Å². The molecule has 6 nitrogen and oxygen atoms in total. The van der Waals surface area contributed by atoms with Crippen molar-refractivity contribution in [1.29, 1.82) is 0 Å². The number of ether oxygens (including phenoxy) is 3. The van der Waals surface area contributed by atoms with E-state index < -0.39 is 19.7 Å². The molecule has 0 N–H and O–H groups in total. The molecular formula is C22H41NO5Si. The molecule has 2 atom stereocenters. The van der Waals surface area contributed by atoms with Gasteiger partial charge < -0.3 is 18.6 Å². The summed E-state index contributed by atoms with van der Waals surface area (Å²) >= 11 is 0. The highest BCUT2D eigenvalue weighted by molar-refractivity contribution is 6.74. The molecule has 2 aliphatic heterocycles. The van der Waals surface area contributed by atoms with Crippen LogP contribution in [-0.2, 0) is 18.6 Å². The number of amides is 1. The Balaban J connectivity index is 2.10. The van der Waals surface area contributed by atoms with Gasteiger partial charge in [-0.1, -0.05) is 26.8 Å². The Bertz CT molecular complexity index is 599. The van der Waals surface area contributed by atoms with Crippen molar-refractivity contribution in [2.75, 3.05) is 19.8 Å². The fourth-order valence-corrected chi connectivity index (χ4v) is 4.31. The van der Waals surface area contributed by atoms with Crippen LogP contribution < -0.4 is 0 Å². The summed E-state index contributed by atoms with van der Waals surface area (Å²) in [5, 5.41) is 0.115. The van der Waals surface area contributed by atoms with Crippen LogP contribution in [0, 0.1) is 5.92 Å². The van der Waals surface area contributed by atoms with Crippen molar-refractivity contribution in [3.05, 3.63) is 12.3 Å². The van der Waals surface area contributed by atoms with E-state index in [-0.39, 0.29) is 23.1 Å². The molecule has 0 aromatic heterocycles. The van der Waals surface area contributed by atoms with Gasteiger partial charge in [0.2, 0.25) is 0 Å².